The van der Waals surface area contributed by atoms with Gasteiger partial charge < -0.3 is 14.6 Å². The van der Waals surface area contributed by atoms with E-state index in [4.69, 9.17) is 9.47 Å². The number of rotatable bonds is 7. The number of esters is 1. The molecule has 0 saturated carbocycles. The summed E-state index contributed by atoms with van der Waals surface area (Å²) in [4.78, 5) is 24.6. The molecule has 2 aromatic carbocycles. The van der Waals surface area contributed by atoms with Gasteiger partial charge in [0.1, 0.15) is 0 Å². The first-order valence-corrected chi connectivity index (χ1v) is 9.00. The predicted octanol–water partition coefficient (Wildman–Crippen LogP) is 3.25. The number of carbonyl (C=O) groups excluding carboxylic acids is 1. The molecule has 3 aromatic rings. The zero-order valence-corrected chi connectivity index (χ0v) is 16.2. The van der Waals surface area contributed by atoms with Gasteiger partial charge >= 0.3 is 12.0 Å². The van der Waals surface area contributed by atoms with Crippen LogP contribution in [-0.2, 0) is 9.53 Å². The molecule has 3 rings (SSSR count). The van der Waals surface area contributed by atoms with Crippen molar-refractivity contribution in [3.05, 3.63) is 72.3 Å². The van der Waals surface area contributed by atoms with E-state index in [9.17, 15) is 9.90 Å². The van der Waals surface area contributed by atoms with Crippen LogP contribution in [0.3, 0.4) is 0 Å². The summed E-state index contributed by atoms with van der Waals surface area (Å²) in [5.41, 5.74) is 3.68. The van der Waals surface area contributed by atoms with Crippen LogP contribution < -0.4 is 4.74 Å². The van der Waals surface area contributed by atoms with Crippen LogP contribution in [0.25, 0.3) is 22.8 Å². The normalized spacial score (nSPS) is 11.6. The Morgan fingerprint density at radius 2 is 1.52 bits per heavy atom. The minimum absolute atomic E-state index is 0.0187. The lowest BCUT2D eigenvalue weighted by atomic mass is 10.1. The summed E-state index contributed by atoms with van der Waals surface area (Å²) in [5, 5.41) is 9.79. The Kier molecular flexibility index (Phi) is 6.31. The third-order valence-corrected chi connectivity index (χ3v) is 4.16. The van der Waals surface area contributed by atoms with Gasteiger partial charge in [0.05, 0.1) is 0 Å². The van der Waals surface area contributed by atoms with Crippen LogP contribution in [0.2, 0.25) is 0 Å². The van der Waals surface area contributed by atoms with Crippen LogP contribution in [0.15, 0.2) is 61.2 Å². The van der Waals surface area contributed by atoms with Crippen LogP contribution in [0.1, 0.15) is 11.1 Å². The van der Waals surface area contributed by atoms with Gasteiger partial charge in [-0.15, -0.1) is 0 Å². The minimum Gasteiger partial charge on any atom is -0.457 e. The molecule has 0 radical (unpaired) electrons. The zero-order chi connectivity index (χ0) is 20.8. The molecular formula is C22H21N3O4. The molecule has 0 saturated heterocycles. The number of hydrogen-bond donors (Lipinski definition) is 1. The molecule has 0 amide bonds. The topological polar surface area (TPSA) is 94.4 Å². The van der Waals surface area contributed by atoms with Crippen LogP contribution >= 0.6 is 0 Å². The third kappa shape index (κ3) is 5.03. The van der Waals surface area contributed by atoms with E-state index in [2.05, 4.69) is 21.5 Å². The predicted molar refractivity (Wildman–Crippen MR) is 108 cm³/mol. The quantitative estimate of drug-likeness (QED) is 0.375. The lowest BCUT2D eigenvalue weighted by molar-refractivity contribution is -0.166. The highest BCUT2D eigenvalue weighted by Crippen LogP contribution is 2.26. The highest BCUT2D eigenvalue weighted by atomic mass is 16.7. The number of ether oxygens (including phenoxy) is 2. The summed E-state index contributed by atoms with van der Waals surface area (Å²) in [6.45, 7) is 6.88. The summed E-state index contributed by atoms with van der Waals surface area (Å²) < 4.78 is 10.2. The molecule has 1 atom stereocenters. The smallest absolute Gasteiger partial charge is 0.332 e. The summed E-state index contributed by atoms with van der Waals surface area (Å²) in [5.74, 6) is 0.144. The maximum absolute atomic E-state index is 11.2. The first kappa shape index (κ1) is 20.2. The van der Waals surface area contributed by atoms with Crippen LogP contribution in [0.5, 0.6) is 6.01 Å². The first-order valence-electron chi connectivity index (χ1n) is 9.00. The van der Waals surface area contributed by atoms with E-state index in [-0.39, 0.29) is 12.6 Å². The molecule has 148 valence electrons. The van der Waals surface area contributed by atoms with E-state index in [1.165, 1.54) is 0 Å². The van der Waals surface area contributed by atoms with Crippen LogP contribution in [-0.4, -0.2) is 38.9 Å². The van der Waals surface area contributed by atoms with Gasteiger partial charge in [-0.1, -0.05) is 55.1 Å². The SMILES string of the molecule is C=CC(=O)OC(O)COc1nc(-c2ccccc2C)nc(-c2ccccc2C)n1. The van der Waals surface area contributed by atoms with Gasteiger partial charge in [0, 0.05) is 17.2 Å². The van der Waals surface area contributed by atoms with E-state index in [1.807, 2.05) is 62.4 Å². The van der Waals surface area contributed by atoms with Gasteiger partial charge in [0.15, 0.2) is 18.3 Å². The molecule has 1 aromatic heterocycles. The maximum atomic E-state index is 11.2. The second-order valence-electron chi connectivity index (χ2n) is 6.30. The van der Waals surface area contributed by atoms with Gasteiger partial charge in [0.25, 0.3) is 0 Å². The average molecular weight is 391 g/mol. The molecule has 0 bridgehead atoms. The zero-order valence-electron chi connectivity index (χ0n) is 16.2. The molecule has 7 heteroatoms. The van der Waals surface area contributed by atoms with Gasteiger partial charge in [-0.2, -0.15) is 9.97 Å². The van der Waals surface area contributed by atoms with Crippen molar-refractivity contribution in [3.8, 4) is 28.8 Å². The fraction of sp³-hybridized carbons (Fsp3) is 0.182. The van der Waals surface area contributed by atoms with E-state index in [0.29, 0.717) is 11.6 Å². The molecular weight excluding hydrogens is 370 g/mol. The van der Waals surface area contributed by atoms with Gasteiger partial charge in [-0.25, -0.2) is 9.78 Å². The van der Waals surface area contributed by atoms with Crippen molar-refractivity contribution in [3.63, 3.8) is 0 Å². The fourth-order valence-corrected chi connectivity index (χ4v) is 2.67. The van der Waals surface area contributed by atoms with Crippen molar-refractivity contribution in [1.29, 1.82) is 0 Å². The Labute approximate surface area is 168 Å². The number of hydrogen-bond acceptors (Lipinski definition) is 7. The fourth-order valence-electron chi connectivity index (χ4n) is 2.67. The van der Waals surface area contributed by atoms with Crippen molar-refractivity contribution in [2.45, 2.75) is 20.1 Å². The Morgan fingerprint density at radius 1 is 1.00 bits per heavy atom. The van der Waals surface area contributed by atoms with Crippen LogP contribution in [0.4, 0.5) is 0 Å². The Balaban J connectivity index is 1.97. The number of aryl methyl sites for hydroxylation is 2. The van der Waals surface area contributed by atoms with E-state index in [1.54, 1.807) is 0 Å². The molecule has 0 aliphatic carbocycles. The second-order valence-corrected chi connectivity index (χ2v) is 6.30. The number of benzene rings is 2. The molecule has 0 spiro atoms. The molecule has 0 aliphatic heterocycles. The van der Waals surface area contributed by atoms with Crippen molar-refractivity contribution in [2.75, 3.05) is 6.61 Å². The van der Waals surface area contributed by atoms with E-state index < -0.39 is 12.3 Å². The van der Waals surface area contributed by atoms with Crippen molar-refractivity contribution < 1.29 is 19.4 Å². The maximum Gasteiger partial charge on any atom is 0.332 e. The van der Waals surface area contributed by atoms with Gasteiger partial charge in [-0.05, 0) is 25.0 Å². The summed E-state index contributed by atoms with van der Waals surface area (Å²) in [6, 6.07) is 15.4. The van der Waals surface area contributed by atoms with Gasteiger partial charge in [0.2, 0.25) is 6.29 Å². The number of nitrogens with zero attached hydrogens (tertiary/aromatic N) is 3. The highest BCUT2D eigenvalue weighted by molar-refractivity contribution is 5.81. The number of aliphatic hydroxyl groups is 1. The summed E-state index contributed by atoms with van der Waals surface area (Å²) in [6.07, 6.45) is -0.514. The van der Waals surface area contributed by atoms with Crippen molar-refractivity contribution in [1.82, 2.24) is 15.0 Å². The highest BCUT2D eigenvalue weighted by Gasteiger charge is 2.16. The second kappa shape index (κ2) is 9.07. The molecule has 0 aliphatic rings. The summed E-state index contributed by atoms with van der Waals surface area (Å²) >= 11 is 0. The molecule has 1 N–H and O–H groups in total. The molecule has 7 nitrogen and oxygen atoms in total. The number of carbonyl (C=O) groups is 1. The summed E-state index contributed by atoms with van der Waals surface area (Å²) in [7, 11) is 0. The monoisotopic (exact) mass is 391 g/mol. The van der Waals surface area contributed by atoms with Crippen molar-refractivity contribution >= 4 is 5.97 Å². The lowest BCUT2D eigenvalue weighted by Gasteiger charge is -2.13. The van der Waals surface area contributed by atoms with E-state index in [0.717, 1.165) is 28.3 Å². The Morgan fingerprint density at radius 3 is 2.00 bits per heavy atom. The number of aliphatic hydroxyl groups excluding tert-OH is 1. The average Bonchev–Trinajstić information content (AvgIpc) is 2.72. The van der Waals surface area contributed by atoms with Crippen molar-refractivity contribution in [2.24, 2.45) is 0 Å². The molecule has 0 fully saturated rings. The number of aromatic nitrogens is 3. The minimum atomic E-state index is -1.47. The molecule has 1 unspecified atom stereocenters. The molecule has 1 heterocycles. The standard InChI is InChI=1S/C22H21N3O4/c1-4-18(26)29-19(27)13-28-22-24-20(16-11-7-5-9-14(16)2)23-21(25-22)17-12-8-6-10-15(17)3/h4-12,19,27H,1,13H2,2-3H3. The Bertz CT molecular complexity index is 972. The van der Waals surface area contributed by atoms with Gasteiger partial charge in [-0.3, -0.25) is 0 Å². The molecule has 29 heavy (non-hydrogen) atoms. The Hall–Kier alpha value is -3.58. The largest absolute Gasteiger partial charge is 0.457 e. The first-order chi connectivity index (χ1) is 14.0. The third-order valence-electron chi connectivity index (χ3n) is 4.16. The van der Waals surface area contributed by atoms with E-state index >= 15 is 0 Å². The van der Waals surface area contributed by atoms with Crippen LogP contribution in [0, 0.1) is 13.8 Å². The lowest BCUT2D eigenvalue weighted by Crippen LogP contribution is -2.24.